The van der Waals surface area contributed by atoms with E-state index in [4.69, 9.17) is 18.9 Å². The normalized spacial score (nSPS) is 13.5. The molecule has 0 aliphatic carbocycles. The van der Waals surface area contributed by atoms with Gasteiger partial charge in [-0.1, -0.05) is 18.2 Å². The van der Waals surface area contributed by atoms with Crippen LogP contribution in [0.3, 0.4) is 0 Å². The molecule has 0 saturated carbocycles. The summed E-state index contributed by atoms with van der Waals surface area (Å²) in [7, 11) is 4.71. The lowest BCUT2D eigenvalue weighted by Crippen LogP contribution is -2.41. The zero-order valence-electron chi connectivity index (χ0n) is 21.4. The lowest BCUT2D eigenvalue weighted by Gasteiger charge is -2.31. The molecule has 1 saturated heterocycles. The summed E-state index contributed by atoms with van der Waals surface area (Å²) in [6.45, 7) is 2.42. The summed E-state index contributed by atoms with van der Waals surface area (Å²) in [6, 6.07) is 17.0. The van der Waals surface area contributed by atoms with Crippen LogP contribution in [0.5, 0.6) is 23.0 Å². The smallest absolute Gasteiger partial charge is 0.223 e. The Morgan fingerprint density at radius 1 is 0.946 bits per heavy atom. The molecule has 1 aliphatic heterocycles. The first-order valence-corrected chi connectivity index (χ1v) is 12.2. The van der Waals surface area contributed by atoms with Gasteiger partial charge in [-0.25, -0.2) is 0 Å². The van der Waals surface area contributed by atoms with Crippen molar-refractivity contribution in [2.24, 2.45) is 5.92 Å². The van der Waals surface area contributed by atoms with E-state index in [-0.39, 0.29) is 11.8 Å². The first-order valence-electron chi connectivity index (χ1n) is 12.2. The highest BCUT2D eigenvalue weighted by Gasteiger charge is 2.25. The second-order valence-corrected chi connectivity index (χ2v) is 8.53. The Balaban J connectivity index is 1.25. The summed E-state index contributed by atoms with van der Waals surface area (Å²) in [4.78, 5) is 14.7. The van der Waals surface area contributed by atoms with E-state index in [1.54, 1.807) is 33.5 Å². The Labute approximate surface area is 216 Å². The standard InChI is InChI=1S/C27H33N5O5/c1-34-22-17-20(18-23(35-2)26(22)36-3)29-24-9-10-25(31-30-24)32-14-11-19(12-15-32)27(33)28-13-16-37-21-7-5-4-6-8-21/h4-10,17-19H,11-16H2,1-3H3,(H,28,33)(H,29,30). The van der Waals surface area contributed by atoms with Crippen molar-refractivity contribution in [3.05, 3.63) is 54.6 Å². The molecule has 0 atom stereocenters. The molecule has 1 aromatic heterocycles. The number of hydrogen-bond acceptors (Lipinski definition) is 9. The summed E-state index contributed by atoms with van der Waals surface area (Å²) >= 11 is 0. The minimum Gasteiger partial charge on any atom is -0.493 e. The van der Waals surface area contributed by atoms with Crippen molar-refractivity contribution in [3.63, 3.8) is 0 Å². The average Bonchev–Trinajstić information content (AvgIpc) is 2.95. The van der Waals surface area contributed by atoms with Crippen molar-refractivity contribution in [2.45, 2.75) is 12.8 Å². The summed E-state index contributed by atoms with van der Waals surface area (Å²) in [5.74, 6) is 3.85. The highest BCUT2D eigenvalue weighted by atomic mass is 16.5. The van der Waals surface area contributed by atoms with Gasteiger partial charge in [0.2, 0.25) is 11.7 Å². The number of benzene rings is 2. The fourth-order valence-corrected chi connectivity index (χ4v) is 4.24. The molecule has 2 aromatic carbocycles. The lowest BCUT2D eigenvalue weighted by atomic mass is 9.96. The first-order chi connectivity index (χ1) is 18.1. The molecule has 10 nitrogen and oxygen atoms in total. The SMILES string of the molecule is COc1cc(Nc2ccc(N3CCC(C(=O)NCCOc4ccccc4)CC3)nn2)cc(OC)c1OC. The van der Waals surface area contributed by atoms with Crippen LogP contribution >= 0.6 is 0 Å². The van der Waals surface area contributed by atoms with E-state index >= 15 is 0 Å². The van der Waals surface area contributed by atoms with Crippen LogP contribution in [-0.2, 0) is 4.79 Å². The third-order valence-electron chi connectivity index (χ3n) is 6.19. The molecule has 2 heterocycles. The monoisotopic (exact) mass is 507 g/mol. The number of carbonyl (C=O) groups excluding carboxylic acids is 1. The minimum atomic E-state index is -0.0121. The molecule has 0 bridgehead atoms. The molecule has 0 unspecified atom stereocenters. The molecular weight excluding hydrogens is 474 g/mol. The highest BCUT2D eigenvalue weighted by Crippen LogP contribution is 2.40. The Bertz CT molecular complexity index is 1130. The van der Waals surface area contributed by atoms with Crippen LogP contribution in [0.1, 0.15) is 12.8 Å². The Kier molecular flexibility index (Phi) is 8.85. The Morgan fingerprint density at radius 3 is 2.24 bits per heavy atom. The number of nitrogens with one attached hydrogen (secondary N) is 2. The summed E-state index contributed by atoms with van der Waals surface area (Å²) < 4.78 is 21.8. The molecule has 2 N–H and O–H groups in total. The van der Waals surface area contributed by atoms with Crippen LogP contribution in [-0.4, -0.2) is 63.7 Å². The second kappa shape index (κ2) is 12.7. The van der Waals surface area contributed by atoms with Crippen molar-refractivity contribution in [1.82, 2.24) is 15.5 Å². The maximum atomic E-state index is 12.6. The Hall–Kier alpha value is -4.21. The quantitative estimate of drug-likeness (QED) is 0.376. The van der Waals surface area contributed by atoms with Gasteiger partial charge >= 0.3 is 0 Å². The number of amides is 1. The number of piperidine rings is 1. The number of anilines is 3. The third-order valence-corrected chi connectivity index (χ3v) is 6.19. The van der Waals surface area contributed by atoms with E-state index in [1.807, 2.05) is 42.5 Å². The van der Waals surface area contributed by atoms with Crippen LogP contribution in [0.4, 0.5) is 17.3 Å². The van der Waals surface area contributed by atoms with E-state index in [2.05, 4.69) is 25.7 Å². The number of aromatic nitrogens is 2. The van der Waals surface area contributed by atoms with Gasteiger partial charge in [-0.15, -0.1) is 10.2 Å². The molecule has 37 heavy (non-hydrogen) atoms. The molecule has 4 rings (SSSR count). The van der Waals surface area contributed by atoms with Crippen LogP contribution in [0.15, 0.2) is 54.6 Å². The summed E-state index contributed by atoms with van der Waals surface area (Å²) in [6.07, 6.45) is 1.52. The van der Waals surface area contributed by atoms with Crippen molar-refractivity contribution >= 4 is 23.2 Å². The molecule has 196 valence electrons. The maximum Gasteiger partial charge on any atom is 0.223 e. The van der Waals surface area contributed by atoms with Gasteiger partial charge in [0.15, 0.2) is 23.1 Å². The lowest BCUT2D eigenvalue weighted by molar-refractivity contribution is -0.125. The van der Waals surface area contributed by atoms with Gasteiger partial charge in [-0.05, 0) is 37.1 Å². The van der Waals surface area contributed by atoms with Crippen LogP contribution in [0.2, 0.25) is 0 Å². The zero-order valence-corrected chi connectivity index (χ0v) is 21.4. The topological polar surface area (TPSA) is 107 Å². The zero-order chi connectivity index (χ0) is 26.0. The van der Waals surface area contributed by atoms with Crippen molar-refractivity contribution < 1.29 is 23.7 Å². The van der Waals surface area contributed by atoms with Crippen molar-refractivity contribution in [3.8, 4) is 23.0 Å². The van der Waals surface area contributed by atoms with Gasteiger partial charge in [0.1, 0.15) is 12.4 Å². The third kappa shape index (κ3) is 6.72. The summed E-state index contributed by atoms with van der Waals surface area (Å²) in [5, 5.41) is 14.9. The highest BCUT2D eigenvalue weighted by molar-refractivity contribution is 5.79. The van der Waals surface area contributed by atoms with Gasteiger partial charge < -0.3 is 34.5 Å². The molecule has 0 spiro atoms. The molecule has 1 fully saturated rings. The number of ether oxygens (including phenoxy) is 4. The van der Waals surface area contributed by atoms with E-state index in [0.717, 1.165) is 43.2 Å². The van der Waals surface area contributed by atoms with E-state index in [9.17, 15) is 4.79 Å². The number of rotatable bonds is 11. The molecule has 1 aliphatic rings. The Morgan fingerprint density at radius 2 is 1.65 bits per heavy atom. The molecule has 3 aromatic rings. The van der Waals surface area contributed by atoms with Gasteiger partial charge in [0, 0.05) is 36.8 Å². The van der Waals surface area contributed by atoms with E-state index < -0.39 is 0 Å². The van der Waals surface area contributed by atoms with Crippen LogP contribution in [0, 0.1) is 5.92 Å². The fourth-order valence-electron chi connectivity index (χ4n) is 4.24. The number of para-hydroxylation sites is 1. The van der Waals surface area contributed by atoms with Gasteiger partial charge in [-0.3, -0.25) is 4.79 Å². The predicted molar refractivity (Wildman–Crippen MR) is 141 cm³/mol. The predicted octanol–water partition coefficient (Wildman–Crippen LogP) is 3.66. The number of methoxy groups -OCH3 is 3. The molecular formula is C27H33N5O5. The molecule has 0 radical (unpaired) electrons. The largest absolute Gasteiger partial charge is 0.493 e. The van der Waals surface area contributed by atoms with Crippen molar-refractivity contribution in [2.75, 3.05) is 57.8 Å². The maximum absolute atomic E-state index is 12.6. The minimum absolute atomic E-state index is 0.0121. The summed E-state index contributed by atoms with van der Waals surface area (Å²) in [5.41, 5.74) is 0.734. The van der Waals surface area contributed by atoms with Gasteiger partial charge in [-0.2, -0.15) is 0 Å². The number of carbonyl (C=O) groups is 1. The second-order valence-electron chi connectivity index (χ2n) is 8.53. The molecule has 10 heteroatoms. The van der Waals surface area contributed by atoms with Gasteiger partial charge in [0.25, 0.3) is 0 Å². The van der Waals surface area contributed by atoms with Crippen molar-refractivity contribution in [1.29, 1.82) is 0 Å². The van der Waals surface area contributed by atoms with E-state index in [0.29, 0.717) is 36.2 Å². The average molecular weight is 508 g/mol. The van der Waals surface area contributed by atoms with Gasteiger partial charge in [0.05, 0.1) is 27.9 Å². The number of nitrogens with zero attached hydrogens (tertiary/aromatic N) is 3. The number of hydrogen-bond donors (Lipinski definition) is 2. The fraction of sp³-hybridized carbons (Fsp3) is 0.370. The molecule has 1 amide bonds. The van der Waals surface area contributed by atoms with Crippen LogP contribution in [0.25, 0.3) is 0 Å². The van der Waals surface area contributed by atoms with E-state index in [1.165, 1.54) is 0 Å². The first kappa shape index (κ1) is 25.9. The van der Waals surface area contributed by atoms with Crippen LogP contribution < -0.4 is 34.5 Å².